The molecule has 0 aromatic carbocycles. The van der Waals surface area contributed by atoms with Crippen LogP contribution in [-0.2, 0) is 13.0 Å². The van der Waals surface area contributed by atoms with Crippen molar-refractivity contribution >= 4 is 17.3 Å². The number of thiazole rings is 1. The Morgan fingerprint density at radius 3 is 2.77 bits per heavy atom. The Bertz CT molecular complexity index is 618. The predicted molar refractivity (Wildman–Crippen MR) is 92.4 cm³/mol. The minimum atomic E-state index is 0.760. The van der Waals surface area contributed by atoms with E-state index in [1.807, 2.05) is 33.2 Å². The van der Waals surface area contributed by atoms with Gasteiger partial charge in [-0.3, -0.25) is 9.98 Å². The SMILES string of the molecule is CN=C(NCCc1ccc(C)nc1)N(C)Cc1csc(C)n1. The Morgan fingerprint density at radius 2 is 2.18 bits per heavy atom. The number of hydrogen-bond donors (Lipinski definition) is 1. The van der Waals surface area contributed by atoms with Crippen LogP contribution in [0, 0.1) is 13.8 Å². The molecule has 1 N–H and O–H groups in total. The summed E-state index contributed by atoms with van der Waals surface area (Å²) >= 11 is 1.68. The maximum Gasteiger partial charge on any atom is 0.193 e. The number of aryl methyl sites for hydroxylation is 2. The first-order valence-electron chi connectivity index (χ1n) is 7.33. The molecule has 0 fully saturated rings. The topological polar surface area (TPSA) is 53.4 Å². The van der Waals surface area contributed by atoms with E-state index in [1.54, 1.807) is 18.4 Å². The van der Waals surface area contributed by atoms with Crippen molar-refractivity contribution in [3.8, 4) is 0 Å². The molecule has 0 spiro atoms. The highest BCUT2D eigenvalue weighted by Gasteiger charge is 2.08. The summed E-state index contributed by atoms with van der Waals surface area (Å²) in [6, 6.07) is 4.16. The van der Waals surface area contributed by atoms with Crippen LogP contribution < -0.4 is 5.32 Å². The average Bonchev–Trinajstić information content (AvgIpc) is 2.90. The molecule has 0 amide bonds. The van der Waals surface area contributed by atoms with Crippen LogP contribution in [0.25, 0.3) is 0 Å². The summed E-state index contributed by atoms with van der Waals surface area (Å²) in [5.74, 6) is 0.880. The molecule has 5 nitrogen and oxygen atoms in total. The third-order valence-corrected chi connectivity index (χ3v) is 4.13. The third kappa shape index (κ3) is 4.80. The molecule has 2 aromatic heterocycles. The van der Waals surface area contributed by atoms with E-state index in [-0.39, 0.29) is 0 Å². The van der Waals surface area contributed by atoms with Gasteiger partial charge in [0.1, 0.15) is 0 Å². The second-order valence-electron chi connectivity index (χ2n) is 5.25. The van der Waals surface area contributed by atoms with Gasteiger partial charge in [0.15, 0.2) is 5.96 Å². The molecule has 0 saturated heterocycles. The largest absolute Gasteiger partial charge is 0.356 e. The van der Waals surface area contributed by atoms with Crippen molar-refractivity contribution in [2.45, 2.75) is 26.8 Å². The summed E-state index contributed by atoms with van der Waals surface area (Å²) in [6.07, 6.45) is 2.86. The van der Waals surface area contributed by atoms with Crippen molar-refractivity contribution in [1.82, 2.24) is 20.2 Å². The Morgan fingerprint density at radius 1 is 1.36 bits per heavy atom. The zero-order valence-electron chi connectivity index (χ0n) is 13.6. The van der Waals surface area contributed by atoms with E-state index in [2.05, 4.69) is 36.6 Å². The molecule has 0 radical (unpaired) electrons. The molecular formula is C16H23N5S. The lowest BCUT2D eigenvalue weighted by Crippen LogP contribution is -2.39. The number of nitrogens with zero attached hydrogens (tertiary/aromatic N) is 4. The van der Waals surface area contributed by atoms with Gasteiger partial charge in [0.05, 0.1) is 17.2 Å². The zero-order valence-corrected chi connectivity index (χ0v) is 14.4. The van der Waals surface area contributed by atoms with Crippen LogP contribution in [0.1, 0.15) is 22.0 Å². The average molecular weight is 317 g/mol. The molecule has 0 aliphatic carbocycles. The molecular weight excluding hydrogens is 294 g/mol. The first kappa shape index (κ1) is 16.4. The van der Waals surface area contributed by atoms with Crippen molar-refractivity contribution < 1.29 is 0 Å². The Kier molecular flexibility index (Phi) is 5.89. The van der Waals surface area contributed by atoms with Gasteiger partial charge in [0.25, 0.3) is 0 Å². The van der Waals surface area contributed by atoms with Crippen molar-refractivity contribution in [1.29, 1.82) is 0 Å². The molecule has 6 heteroatoms. The summed E-state index contributed by atoms with van der Waals surface area (Å²) in [4.78, 5) is 15.2. The Labute approximate surface area is 136 Å². The molecule has 0 aliphatic heterocycles. The van der Waals surface area contributed by atoms with Crippen molar-refractivity contribution in [2.75, 3.05) is 20.6 Å². The molecule has 2 aromatic rings. The van der Waals surface area contributed by atoms with Crippen molar-refractivity contribution in [3.05, 3.63) is 45.7 Å². The Hall–Kier alpha value is -1.95. The summed E-state index contributed by atoms with van der Waals surface area (Å²) in [5, 5.41) is 6.57. The van der Waals surface area contributed by atoms with Crippen LogP contribution in [0.4, 0.5) is 0 Å². The normalized spacial score (nSPS) is 11.5. The summed E-state index contributed by atoms with van der Waals surface area (Å²) in [5.41, 5.74) is 3.35. The number of guanidine groups is 1. The van der Waals surface area contributed by atoms with Crippen molar-refractivity contribution in [2.24, 2.45) is 4.99 Å². The number of pyridine rings is 1. The number of aromatic nitrogens is 2. The van der Waals surface area contributed by atoms with E-state index in [0.29, 0.717) is 0 Å². The van der Waals surface area contributed by atoms with Gasteiger partial charge in [0.2, 0.25) is 0 Å². The van der Waals surface area contributed by atoms with Crippen molar-refractivity contribution in [3.63, 3.8) is 0 Å². The lowest BCUT2D eigenvalue weighted by Gasteiger charge is -2.21. The van der Waals surface area contributed by atoms with Crippen LogP contribution >= 0.6 is 11.3 Å². The fourth-order valence-electron chi connectivity index (χ4n) is 2.15. The van der Waals surface area contributed by atoms with Gasteiger partial charge < -0.3 is 10.2 Å². The highest BCUT2D eigenvalue weighted by atomic mass is 32.1. The Balaban J connectivity index is 1.82. The van der Waals surface area contributed by atoms with E-state index in [0.717, 1.165) is 41.9 Å². The summed E-state index contributed by atoms with van der Waals surface area (Å²) < 4.78 is 0. The van der Waals surface area contributed by atoms with E-state index < -0.39 is 0 Å². The van der Waals surface area contributed by atoms with E-state index in [9.17, 15) is 0 Å². The molecule has 118 valence electrons. The fraction of sp³-hybridized carbons (Fsp3) is 0.438. The van der Waals surface area contributed by atoms with Crippen LogP contribution in [0.2, 0.25) is 0 Å². The van der Waals surface area contributed by atoms with E-state index >= 15 is 0 Å². The molecule has 22 heavy (non-hydrogen) atoms. The second-order valence-corrected chi connectivity index (χ2v) is 6.31. The standard InChI is InChI=1S/C16H23N5S/c1-12-5-6-14(9-19-12)7-8-18-16(17-3)21(4)10-15-11-22-13(2)20-15/h5-6,9,11H,7-8,10H2,1-4H3,(H,17,18). The van der Waals surface area contributed by atoms with Gasteiger partial charge >= 0.3 is 0 Å². The first-order chi connectivity index (χ1) is 10.6. The van der Waals surface area contributed by atoms with Gasteiger partial charge in [0, 0.05) is 37.9 Å². The maximum absolute atomic E-state index is 4.49. The second kappa shape index (κ2) is 7.89. The predicted octanol–water partition coefficient (Wildman–Crippen LogP) is 2.40. The number of nitrogens with one attached hydrogen (secondary N) is 1. The van der Waals surface area contributed by atoms with E-state index in [4.69, 9.17) is 0 Å². The smallest absolute Gasteiger partial charge is 0.193 e. The van der Waals surface area contributed by atoms with Crippen LogP contribution in [-0.4, -0.2) is 41.5 Å². The molecule has 0 unspecified atom stereocenters. The van der Waals surface area contributed by atoms with Gasteiger partial charge in [-0.15, -0.1) is 11.3 Å². The van der Waals surface area contributed by atoms with Gasteiger partial charge in [-0.1, -0.05) is 6.07 Å². The molecule has 0 aliphatic rings. The molecule has 0 bridgehead atoms. The van der Waals surface area contributed by atoms with Gasteiger partial charge in [-0.25, -0.2) is 4.98 Å². The van der Waals surface area contributed by atoms with Gasteiger partial charge in [-0.2, -0.15) is 0 Å². The summed E-state index contributed by atoms with van der Waals surface area (Å²) in [7, 11) is 3.83. The molecule has 0 atom stereocenters. The van der Waals surface area contributed by atoms with Gasteiger partial charge in [-0.05, 0) is 31.9 Å². The highest BCUT2D eigenvalue weighted by molar-refractivity contribution is 7.09. The lowest BCUT2D eigenvalue weighted by atomic mass is 10.2. The monoisotopic (exact) mass is 317 g/mol. The quantitative estimate of drug-likeness (QED) is 0.680. The number of rotatable bonds is 5. The third-order valence-electron chi connectivity index (χ3n) is 3.31. The minimum absolute atomic E-state index is 0.760. The minimum Gasteiger partial charge on any atom is -0.356 e. The fourth-order valence-corrected chi connectivity index (χ4v) is 2.75. The molecule has 0 saturated carbocycles. The lowest BCUT2D eigenvalue weighted by molar-refractivity contribution is 0.471. The first-order valence-corrected chi connectivity index (χ1v) is 8.21. The highest BCUT2D eigenvalue weighted by Crippen LogP contribution is 2.09. The number of aliphatic imine (C=N–C) groups is 1. The maximum atomic E-state index is 4.49. The van der Waals surface area contributed by atoms with Crippen LogP contribution in [0.5, 0.6) is 0 Å². The van der Waals surface area contributed by atoms with E-state index in [1.165, 1.54) is 5.56 Å². The molecule has 2 rings (SSSR count). The van der Waals surface area contributed by atoms with Crippen LogP contribution in [0.3, 0.4) is 0 Å². The summed E-state index contributed by atoms with van der Waals surface area (Å²) in [6.45, 7) is 5.61. The van der Waals surface area contributed by atoms with Crippen LogP contribution in [0.15, 0.2) is 28.7 Å². The zero-order chi connectivity index (χ0) is 15.9. The molecule has 2 heterocycles. The number of hydrogen-bond acceptors (Lipinski definition) is 4.